The van der Waals surface area contributed by atoms with Gasteiger partial charge in [0.2, 0.25) is 0 Å². The first-order valence-corrected chi connectivity index (χ1v) is 6.52. The molecule has 0 amide bonds. The van der Waals surface area contributed by atoms with Gasteiger partial charge in [-0.3, -0.25) is 0 Å². The van der Waals surface area contributed by atoms with E-state index < -0.39 is 0 Å². The summed E-state index contributed by atoms with van der Waals surface area (Å²) in [6, 6.07) is 6.25. The molecule has 1 aliphatic rings. The Morgan fingerprint density at radius 1 is 1.50 bits per heavy atom. The van der Waals surface area contributed by atoms with Gasteiger partial charge in [-0.25, -0.2) is 0 Å². The zero-order valence-electron chi connectivity index (χ0n) is 10.7. The number of anilines is 1. The largest absolute Gasteiger partial charge is 0.495 e. The highest BCUT2D eigenvalue weighted by atomic mass is 35.5. The fourth-order valence-corrected chi connectivity index (χ4v) is 2.51. The van der Waals surface area contributed by atoms with Crippen LogP contribution in [0.2, 0.25) is 5.02 Å². The third-order valence-corrected chi connectivity index (χ3v) is 3.81. The fraction of sp³-hybridized carbons (Fsp3) is 0.500. The number of methoxy groups -OCH3 is 1. The number of benzene rings is 1. The van der Waals surface area contributed by atoms with Crippen LogP contribution in [0.3, 0.4) is 0 Å². The zero-order chi connectivity index (χ0) is 13.1. The van der Waals surface area contributed by atoms with Gasteiger partial charge in [0.15, 0.2) is 0 Å². The second-order valence-corrected chi connectivity index (χ2v) is 5.09. The summed E-state index contributed by atoms with van der Waals surface area (Å²) in [6.07, 6.45) is 2.03. The molecule has 1 aromatic carbocycles. The Balaban J connectivity index is 2.32. The lowest BCUT2D eigenvalue weighted by Crippen LogP contribution is -2.35. The molecule has 0 saturated carbocycles. The van der Waals surface area contributed by atoms with Crippen molar-refractivity contribution < 1.29 is 4.74 Å². The Bertz CT molecular complexity index is 481. The molecule has 4 heteroatoms. The predicted octanol–water partition coefficient (Wildman–Crippen LogP) is 3.40. The van der Waals surface area contributed by atoms with Crippen molar-refractivity contribution in [2.75, 3.05) is 25.1 Å². The molecular weight excluding hydrogens is 248 g/mol. The van der Waals surface area contributed by atoms with E-state index in [0.717, 1.165) is 42.9 Å². The van der Waals surface area contributed by atoms with Crippen LogP contribution in [0.25, 0.3) is 0 Å². The average Bonchev–Trinajstić information content (AvgIpc) is 2.41. The maximum atomic E-state index is 9.05. The summed E-state index contributed by atoms with van der Waals surface area (Å²) in [4.78, 5) is 2.22. The summed E-state index contributed by atoms with van der Waals surface area (Å²) in [5.74, 6) is 0.892. The number of piperidine rings is 1. The molecule has 0 N–H and O–H groups in total. The van der Waals surface area contributed by atoms with Crippen LogP contribution < -0.4 is 9.64 Å². The molecular formula is C14H17ClN2O. The van der Waals surface area contributed by atoms with E-state index in [9.17, 15) is 0 Å². The van der Waals surface area contributed by atoms with E-state index in [1.807, 2.05) is 19.1 Å². The highest BCUT2D eigenvalue weighted by Gasteiger charge is 2.22. The van der Waals surface area contributed by atoms with Gasteiger partial charge in [0.25, 0.3) is 0 Å². The molecule has 1 saturated heterocycles. The summed E-state index contributed by atoms with van der Waals surface area (Å²) in [5.41, 5.74) is 2.07. The number of nitriles is 1. The maximum Gasteiger partial charge on any atom is 0.143 e. The van der Waals surface area contributed by atoms with E-state index in [4.69, 9.17) is 21.6 Å². The first kappa shape index (κ1) is 13.0. The number of ether oxygens (including phenoxy) is 1. The minimum absolute atomic E-state index is 0.111. The number of aryl methyl sites for hydroxylation is 1. The van der Waals surface area contributed by atoms with Crippen molar-refractivity contribution in [1.82, 2.24) is 0 Å². The molecule has 1 fully saturated rings. The van der Waals surface area contributed by atoms with E-state index in [1.54, 1.807) is 7.11 Å². The summed E-state index contributed by atoms with van der Waals surface area (Å²) >= 11 is 6.11. The standard InChI is InChI=1S/C14H17ClN2O/c1-10-6-13(14(18-2)7-12(10)15)17-5-3-4-11(8-16)9-17/h6-7,11H,3-5,9H2,1-2H3. The Kier molecular flexibility index (Phi) is 3.98. The van der Waals surface area contributed by atoms with Gasteiger partial charge in [0, 0.05) is 24.2 Å². The molecule has 0 radical (unpaired) electrons. The van der Waals surface area contributed by atoms with Crippen LogP contribution in [0, 0.1) is 24.2 Å². The quantitative estimate of drug-likeness (QED) is 0.821. The number of hydrogen-bond donors (Lipinski definition) is 0. The molecule has 1 aliphatic heterocycles. The van der Waals surface area contributed by atoms with Crippen LogP contribution >= 0.6 is 11.6 Å². The van der Waals surface area contributed by atoms with Gasteiger partial charge in [0.05, 0.1) is 24.8 Å². The average molecular weight is 265 g/mol. The molecule has 1 unspecified atom stereocenters. The van der Waals surface area contributed by atoms with Crippen molar-refractivity contribution in [2.45, 2.75) is 19.8 Å². The lowest BCUT2D eigenvalue weighted by molar-refractivity contribution is 0.410. The summed E-state index contributed by atoms with van der Waals surface area (Å²) in [6.45, 7) is 3.72. The molecule has 0 bridgehead atoms. The Morgan fingerprint density at radius 3 is 2.94 bits per heavy atom. The van der Waals surface area contributed by atoms with Crippen LogP contribution in [-0.2, 0) is 0 Å². The van der Waals surface area contributed by atoms with Gasteiger partial charge in [-0.1, -0.05) is 11.6 Å². The lowest BCUT2D eigenvalue weighted by Gasteiger charge is -2.32. The monoisotopic (exact) mass is 264 g/mol. The van der Waals surface area contributed by atoms with Crippen LogP contribution in [0.4, 0.5) is 5.69 Å². The van der Waals surface area contributed by atoms with Gasteiger partial charge in [-0.05, 0) is 31.4 Å². The zero-order valence-corrected chi connectivity index (χ0v) is 11.5. The first-order chi connectivity index (χ1) is 8.65. The molecule has 1 atom stereocenters. The Labute approximate surface area is 113 Å². The fourth-order valence-electron chi connectivity index (χ4n) is 2.36. The maximum absolute atomic E-state index is 9.05. The number of halogens is 1. The van der Waals surface area contributed by atoms with Crippen molar-refractivity contribution in [3.8, 4) is 11.8 Å². The van der Waals surface area contributed by atoms with Crippen LogP contribution in [0.1, 0.15) is 18.4 Å². The Morgan fingerprint density at radius 2 is 2.28 bits per heavy atom. The van der Waals surface area contributed by atoms with Gasteiger partial charge in [0.1, 0.15) is 5.75 Å². The van der Waals surface area contributed by atoms with Crippen LogP contribution in [0.5, 0.6) is 5.75 Å². The summed E-state index contributed by atoms with van der Waals surface area (Å²) in [7, 11) is 1.65. The minimum atomic E-state index is 0.111. The van der Waals surface area contributed by atoms with Gasteiger partial charge < -0.3 is 9.64 Å². The second-order valence-electron chi connectivity index (χ2n) is 4.69. The molecule has 1 heterocycles. The van der Waals surface area contributed by atoms with E-state index in [0.29, 0.717) is 5.02 Å². The van der Waals surface area contributed by atoms with E-state index in [2.05, 4.69) is 11.0 Å². The smallest absolute Gasteiger partial charge is 0.143 e. The number of rotatable bonds is 2. The second kappa shape index (κ2) is 5.49. The normalized spacial score (nSPS) is 19.4. The van der Waals surface area contributed by atoms with Crippen LogP contribution in [-0.4, -0.2) is 20.2 Å². The highest BCUT2D eigenvalue weighted by Crippen LogP contribution is 2.35. The van der Waals surface area contributed by atoms with E-state index >= 15 is 0 Å². The van der Waals surface area contributed by atoms with Crippen LogP contribution in [0.15, 0.2) is 12.1 Å². The van der Waals surface area contributed by atoms with E-state index in [-0.39, 0.29) is 5.92 Å². The van der Waals surface area contributed by atoms with Crippen molar-refractivity contribution in [2.24, 2.45) is 5.92 Å². The third-order valence-electron chi connectivity index (χ3n) is 3.40. The topological polar surface area (TPSA) is 36.3 Å². The summed E-state index contributed by atoms with van der Waals surface area (Å²) < 4.78 is 5.39. The van der Waals surface area contributed by atoms with Gasteiger partial charge >= 0.3 is 0 Å². The predicted molar refractivity (Wildman–Crippen MR) is 73.3 cm³/mol. The van der Waals surface area contributed by atoms with Crippen molar-refractivity contribution >= 4 is 17.3 Å². The lowest BCUT2D eigenvalue weighted by atomic mass is 9.99. The van der Waals surface area contributed by atoms with Crippen molar-refractivity contribution in [3.05, 3.63) is 22.7 Å². The molecule has 0 aromatic heterocycles. The molecule has 1 aromatic rings. The Hall–Kier alpha value is -1.40. The highest BCUT2D eigenvalue weighted by molar-refractivity contribution is 6.31. The number of nitrogens with zero attached hydrogens (tertiary/aromatic N) is 2. The molecule has 0 spiro atoms. The minimum Gasteiger partial charge on any atom is -0.495 e. The van der Waals surface area contributed by atoms with E-state index in [1.165, 1.54) is 0 Å². The molecule has 3 nitrogen and oxygen atoms in total. The summed E-state index contributed by atoms with van der Waals surface area (Å²) in [5, 5.41) is 9.76. The molecule has 0 aliphatic carbocycles. The molecule has 2 rings (SSSR count). The van der Waals surface area contributed by atoms with Gasteiger partial charge in [-0.15, -0.1) is 0 Å². The number of hydrogen-bond acceptors (Lipinski definition) is 3. The third kappa shape index (κ3) is 2.54. The van der Waals surface area contributed by atoms with Gasteiger partial charge in [-0.2, -0.15) is 5.26 Å². The SMILES string of the molecule is COc1cc(Cl)c(C)cc1N1CCCC(C#N)C1. The molecule has 18 heavy (non-hydrogen) atoms. The van der Waals surface area contributed by atoms with Crippen molar-refractivity contribution in [1.29, 1.82) is 5.26 Å². The first-order valence-electron chi connectivity index (χ1n) is 6.14. The van der Waals surface area contributed by atoms with Crippen molar-refractivity contribution in [3.63, 3.8) is 0 Å². The molecule has 96 valence electrons.